The molecule has 162 valence electrons. The third-order valence-corrected chi connectivity index (χ3v) is 5.36. The Morgan fingerprint density at radius 3 is 2.62 bits per heavy atom. The molecule has 0 aliphatic rings. The predicted molar refractivity (Wildman–Crippen MR) is 132 cm³/mol. The Hall–Kier alpha value is -1.39. The minimum Gasteiger partial charge on any atom is -0.491 e. The highest BCUT2D eigenvalue weighted by Crippen LogP contribution is 2.20. The van der Waals surface area contributed by atoms with Gasteiger partial charge in [-0.05, 0) is 39.3 Å². The summed E-state index contributed by atoms with van der Waals surface area (Å²) in [5.74, 6) is 1.66. The highest BCUT2D eigenvalue weighted by Gasteiger charge is 2.07. The number of thiazole rings is 1. The number of aromatic nitrogens is 1. The Labute approximate surface area is 195 Å². The largest absolute Gasteiger partial charge is 0.491 e. The second-order valence-corrected chi connectivity index (χ2v) is 7.79. The Bertz CT molecular complexity index is 780. The van der Waals surface area contributed by atoms with Crippen LogP contribution in [-0.2, 0) is 17.7 Å². The van der Waals surface area contributed by atoms with Gasteiger partial charge in [0.2, 0.25) is 0 Å². The standard InChI is InChI=1S/C21H32N4O2S.HI/c1-6-26-11-12-27-19-13-15(2)7-8-18(19)14-24-21(22-5)23-10-9-20-16(3)25-17(4)28-20;/h7-8,13H,6,9-12,14H2,1-5H3,(H2,22,23,24);1H. The van der Waals surface area contributed by atoms with Crippen molar-refractivity contribution in [2.45, 2.75) is 40.7 Å². The van der Waals surface area contributed by atoms with Crippen molar-refractivity contribution in [2.75, 3.05) is 33.4 Å². The zero-order valence-corrected chi connectivity index (χ0v) is 21.1. The van der Waals surface area contributed by atoms with Crippen LogP contribution in [0.3, 0.4) is 0 Å². The van der Waals surface area contributed by atoms with Gasteiger partial charge in [-0.15, -0.1) is 35.3 Å². The Morgan fingerprint density at radius 2 is 1.97 bits per heavy atom. The number of hydrogen-bond acceptors (Lipinski definition) is 5. The first-order chi connectivity index (χ1) is 13.5. The minimum absolute atomic E-state index is 0. The van der Waals surface area contributed by atoms with Crippen LogP contribution in [-0.4, -0.2) is 44.4 Å². The second kappa shape index (κ2) is 13.8. The molecule has 0 saturated heterocycles. The fraction of sp³-hybridized carbons (Fsp3) is 0.524. The molecule has 1 aromatic carbocycles. The zero-order chi connectivity index (χ0) is 20.4. The monoisotopic (exact) mass is 532 g/mol. The lowest BCUT2D eigenvalue weighted by Crippen LogP contribution is -2.37. The van der Waals surface area contributed by atoms with Crippen LogP contribution in [0.2, 0.25) is 0 Å². The van der Waals surface area contributed by atoms with Crippen LogP contribution in [0.5, 0.6) is 5.75 Å². The molecular formula is C21H33IN4O2S. The van der Waals surface area contributed by atoms with Crippen molar-refractivity contribution < 1.29 is 9.47 Å². The Balaban J connectivity index is 0.00000420. The summed E-state index contributed by atoms with van der Waals surface area (Å²) in [7, 11) is 1.78. The number of halogens is 1. The molecule has 2 N–H and O–H groups in total. The van der Waals surface area contributed by atoms with E-state index in [1.54, 1.807) is 18.4 Å². The lowest BCUT2D eigenvalue weighted by Gasteiger charge is -2.15. The van der Waals surface area contributed by atoms with E-state index in [0.29, 0.717) is 26.4 Å². The fourth-order valence-corrected chi connectivity index (χ4v) is 3.73. The predicted octanol–water partition coefficient (Wildman–Crippen LogP) is 4.01. The first kappa shape index (κ1) is 25.6. The molecule has 0 saturated carbocycles. The maximum atomic E-state index is 5.91. The van der Waals surface area contributed by atoms with E-state index in [1.165, 1.54) is 10.4 Å². The summed E-state index contributed by atoms with van der Waals surface area (Å²) >= 11 is 1.76. The molecule has 8 heteroatoms. The molecule has 0 amide bonds. The zero-order valence-electron chi connectivity index (χ0n) is 18.0. The molecule has 0 atom stereocenters. The molecule has 1 heterocycles. The SMILES string of the molecule is CCOCCOc1cc(C)ccc1CNC(=NC)NCCc1sc(C)nc1C.I. The van der Waals surface area contributed by atoms with Gasteiger partial charge in [0, 0.05) is 43.6 Å². The molecule has 2 aromatic rings. The number of ether oxygens (including phenoxy) is 2. The molecule has 6 nitrogen and oxygen atoms in total. The molecule has 0 aliphatic heterocycles. The first-order valence-electron chi connectivity index (χ1n) is 9.71. The molecule has 0 fully saturated rings. The van der Waals surface area contributed by atoms with E-state index in [4.69, 9.17) is 9.47 Å². The Kier molecular flexibility index (Phi) is 12.2. The van der Waals surface area contributed by atoms with Crippen molar-refractivity contribution in [3.8, 4) is 5.75 Å². The van der Waals surface area contributed by atoms with Crippen LogP contribution in [0, 0.1) is 20.8 Å². The molecular weight excluding hydrogens is 499 g/mol. The van der Waals surface area contributed by atoms with Crippen LogP contribution in [0.1, 0.15) is 33.6 Å². The molecule has 0 bridgehead atoms. The van der Waals surface area contributed by atoms with Crippen LogP contribution in [0.15, 0.2) is 23.2 Å². The molecule has 1 aromatic heterocycles. The van der Waals surface area contributed by atoms with Gasteiger partial charge in [0.15, 0.2) is 5.96 Å². The maximum absolute atomic E-state index is 5.91. The van der Waals surface area contributed by atoms with E-state index >= 15 is 0 Å². The first-order valence-corrected chi connectivity index (χ1v) is 10.5. The molecule has 0 radical (unpaired) electrons. The van der Waals surface area contributed by atoms with Gasteiger partial charge in [0.05, 0.1) is 17.3 Å². The van der Waals surface area contributed by atoms with Gasteiger partial charge in [-0.25, -0.2) is 4.98 Å². The summed E-state index contributed by atoms with van der Waals surface area (Å²) in [6.07, 6.45) is 0.939. The maximum Gasteiger partial charge on any atom is 0.191 e. The summed E-state index contributed by atoms with van der Waals surface area (Å²) in [4.78, 5) is 10.1. The van der Waals surface area contributed by atoms with Gasteiger partial charge in [-0.3, -0.25) is 4.99 Å². The van der Waals surface area contributed by atoms with E-state index in [-0.39, 0.29) is 24.0 Å². The Morgan fingerprint density at radius 1 is 1.17 bits per heavy atom. The van der Waals surface area contributed by atoms with Crippen molar-refractivity contribution in [1.82, 2.24) is 15.6 Å². The van der Waals surface area contributed by atoms with Crippen molar-refractivity contribution in [3.63, 3.8) is 0 Å². The normalized spacial score (nSPS) is 11.1. The van der Waals surface area contributed by atoms with Crippen LogP contribution in [0.4, 0.5) is 0 Å². The van der Waals surface area contributed by atoms with Crippen molar-refractivity contribution >= 4 is 41.3 Å². The number of guanidine groups is 1. The van der Waals surface area contributed by atoms with E-state index in [9.17, 15) is 0 Å². The number of benzene rings is 1. The second-order valence-electron chi connectivity index (χ2n) is 6.50. The number of aryl methyl sites for hydroxylation is 3. The summed E-state index contributed by atoms with van der Waals surface area (Å²) in [6.45, 7) is 11.5. The minimum atomic E-state index is 0. The van der Waals surface area contributed by atoms with Gasteiger partial charge in [0.1, 0.15) is 12.4 Å². The average molecular weight is 532 g/mol. The van der Waals surface area contributed by atoms with Crippen molar-refractivity contribution in [1.29, 1.82) is 0 Å². The fourth-order valence-electron chi connectivity index (χ4n) is 2.80. The van der Waals surface area contributed by atoms with Gasteiger partial charge in [-0.1, -0.05) is 12.1 Å². The summed E-state index contributed by atoms with van der Waals surface area (Å²) in [5, 5.41) is 7.86. The highest BCUT2D eigenvalue weighted by atomic mass is 127. The average Bonchev–Trinajstić information content (AvgIpc) is 3.00. The number of aliphatic imine (C=N–C) groups is 1. The number of nitrogens with one attached hydrogen (secondary N) is 2. The van der Waals surface area contributed by atoms with Gasteiger partial charge in [-0.2, -0.15) is 0 Å². The van der Waals surface area contributed by atoms with Crippen molar-refractivity contribution in [2.24, 2.45) is 4.99 Å². The highest BCUT2D eigenvalue weighted by molar-refractivity contribution is 14.0. The van der Waals surface area contributed by atoms with E-state index in [2.05, 4.69) is 52.7 Å². The summed E-state index contributed by atoms with van der Waals surface area (Å²) in [5.41, 5.74) is 3.40. The van der Waals surface area contributed by atoms with Crippen LogP contribution >= 0.6 is 35.3 Å². The van der Waals surface area contributed by atoms with Gasteiger partial charge >= 0.3 is 0 Å². The third-order valence-electron chi connectivity index (χ3n) is 4.23. The van der Waals surface area contributed by atoms with Gasteiger partial charge in [0.25, 0.3) is 0 Å². The lowest BCUT2D eigenvalue weighted by molar-refractivity contribution is 0.110. The smallest absolute Gasteiger partial charge is 0.191 e. The lowest BCUT2D eigenvalue weighted by atomic mass is 10.1. The van der Waals surface area contributed by atoms with E-state index in [1.807, 2.05) is 13.8 Å². The topological polar surface area (TPSA) is 67.8 Å². The molecule has 0 unspecified atom stereocenters. The number of rotatable bonds is 10. The number of nitrogens with zero attached hydrogens (tertiary/aromatic N) is 2. The molecule has 0 aliphatic carbocycles. The third kappa shape index (κ3) is 8.88. The quantitative estimate of drug-likeness (QED) is 0.210. The van der Waals surface area contributed by atoms with Crippen LogP contribution in [0.25, 0.3) is 0 Å². The van der Waals surface area contributed by atoms with Crippen molar-refractivity contribution in [3.05, 3.63) is 44.9 Å². The molecule has 29 heavy (non-hydrogen) atoms. The van der Waals surface area contributed by atoms with Gasteiger partial charge < -0.3 is 20.1 Å². The molecule has 2 rings (SSSR count). The summed E-state index contributed by atoms with van der Waals surface area (Å²) in [6, 6.07) is 6.25. The van der Waals surface area contributed by atoms with E-state index in [0.717, 1.165) is 40.9 Å². The molecule has 0 spiro atoms. The summed E-state index contributed by atoms with van der Waals surface area (Å²) < 4.78 is 11.3. The van der Waals surface area contributed by atoms with E-state index < -0.39 is 0 Å². The van der Waals surface area contributed by atoms with Crippen LogP contribution < -0.4 is 15.4 Å². The number of hydrogen-bond donors (Lipinski definition) is 2.